The molecule has 0 radical (unpaired) electrons. The number of hydrogen-bond acceptors (Lipinski definition) is 5. The summed E-state index contributed by atoms with van der Waals surface area (Å²) in [5, 5.41) is 10.6. The molecule has 3 aromatic rings. The molecular weight excluding hydrogens is 404 g/mol. The number of amides is 2. The van der Waals surface area contributed by atoms with Gasteiger partial charge >= 0.3 is 0 Å². The molecule has 30 heavy (non-hydrogen) atoms. The summed E-state index contributed by atoms with van der Waals surface area (Å²) < 4.78 is 1.76. The van der Waals surface area contributed by atoms with E-state index in [1.807, 2.05) is 37.3 Å². The summed E-state index contributed by atoms with van der Waals surface area (Å²) in [4.78, 5) is 29.8. The van der Waals surface area contributed by atoms with Gasteiger partial charge in [-0.15, -0.1) is 0 Å². The molecule has 3 heterocycles. The van der Waals surface area contributed by atoms with Crippen LogP contribution in [0.15, 0.2) is 30.3 Å². The first-order valence-corrected chi connectivity index (χ1v) is 10.2. The average molecular weight is 427 g/mol. The van der Waals surface area contributed by atoms with Crippen LogP contribution in [0.5, 0.6) is 0 Å². The number of rotatable bonds is 4. The monoisotopic (exact) mass is 426 g/mol. The van der Waals surface area contributed by atoms with Crippen LogP contribution in [0.4, 0.5) is 11.4 Å². The summed E-state index contributed by atoms with van der Waals surface area (Å²) in [6.07, 6.45) is 0.858. The number of aromatic nitrogens is 3. The van der Waals surface area contributed by atoms with E-state index >= 15 is 0 Å². The number of halogens is 1. The van der Waals surface area contributed by atoms with Crippen molar-refractivity contribution < 1.29 is 9.59 Å². The first-order chi connectivity index (χ1) is 14.3. The summed E-state index contributed by atoms with van der Waals surface area (Å²) in [5.74, 6) is -0.161. The third kappa shape index (κ3) is 3.95. The lowest BCUT2D eigenvalue weighted by Crippen LogP contribution is -2.35. The minimum absolute atomic E-state index is 0.0299. The van der Waals surface area contributed by atoms with E-state index in [0.29, 0.717) is 23.0 Å². The molecular formula is C21H23ClN6O2. The zero-order valence-corrected chi connectivity index (χ0v) is 17.8. The van der Waals surface area contributed by atoms with Gasteiger partial charge in [0.15, 0.2) is 10.8 Å². The molecule has 2 aromatic heterocycles. The van der Waals surface area contributed by atoms with Crippen LogP contribution in [0.1, 0.15) is 26.0 Å². The van der Waals surface area contributed by atoms with Crippen LogP contribution < -0.4 is 15.5 Å². The highest BCUT2D eigenvalue weighted by atomic mass is 35.5. The van der Waals surface area contributed by atoms with Gasteiger partial charge in [0.2, 0.25) is 11.8 Å². The Balaban J connectivity index is 1.77. The Hall–Kier alpha value is -3.13. The van der Waals surface area contributed by atoms with Crippen molar-refractivity contribution in [1.82, 2.24) is 19.9 Å². The third-order valence-electron chi connectivity index (χ3n) is 5.10. The molecule has 2 N–H and O–H groups in total. The van der Waals surface area contributed by atoms with Crippen molar-refractivity contribution in [3.8, 4) is 11.3 Å². The third-order valence-corrected chi connectivity index (χ3v) is 5.29. The van der Waals surface area contributed by atoms with Crippen LogP contribution in [0.25, 0.3) is 16.9 Å². The maximum absolute atomic E-state index is 11.4. The quantitative estimate of drug-likeness (QED) is 0.669. The van der Waals surface area contributed by atoms with E-state index in [1.165, 1.54) is 13.8 Å². The van der Waals surface area contributed by atoms with E-state index in [9.17, 15) is 9.59 Å². The van der Waals surface area contributed by atoms with Crippen LogP contribution >= 0.6 is 11.6 Å². The standard InChI is InChI=1S/C21H23ClN6O2/c1-12-20(15-5-4-6-16(9-15)24-13(2)29)28-21(23-12)18(10-19(22)26-28)27-8-7-17(11-27)25-14(3)30/h4-6,9-10,17H,7-8,11H2,1-3H3,(H,24,29)(H,25,30). The van der Waals surface area contributed by atoms with Gasteiger partial charge < -0.3 is 15.5 Å². The van der Waals surface area contributed by atoms with Crippen molar-refractivity contribution >= 4 is 40.4 Å². The summed E-state index contributed by atoms with van der Waals surface area (Å²) in [5.41, 5.74) is 4.80. The number of nitrogens with one attached hydrogen (secondary N) is 2. The number of carbonyl (C=O) groups is 2. The van der Waals surface area contributed by atoms with Gasteiger partial charge in [-0.2, -0.15) is 5.10 Å². The summed E-state index contributed by atoms with van der Waals surface area (Å²) in [6, 6.07) is 9.47. The molecule has 1 aliphatic heterocycles. The molecule has 0 saturated carbocycles. The normalized spacial score (nSPS) is 16.1. The minimum Gasteiger partial charge on any atom is -0.366 e. The number of hydrogen-bond donors (Lipinski definition) is 2. The lowest BCUT2D eigenvalue weighted by atomic mass is 10.1. The van der Waals surface area contributed by atoms with Gasteiger partial charge in [-0.05, 0) is 25.5 Å². The Kier molecular flexibility index (Phi) is 5.34. The van der Waals surface area contributed by atoms with Gasteiger partial charge in [-0.1, -0.05) is 23.7 Å². The molecule has 1 atom stereocenters. The largest absolute Gasteiger partial charge is 0.366 e. The number of anilines is 2. The fraction of sp³-hybridized carbons (Fsp3) is 0.333. The maximum atomic E-state index is 11.4. The Morgan fingerprint density at radius 1 is 1.20 bits per heavy atom. The predicted octanol–water partition coefficient (Wildman–Crippen LogP) is 3.03. The van der Waals surface area contributed by atoms with Crippen LogP contribution in [0.3, 0.4) is 0 Å². The fourth-order valence-corrected chi connectivity index (χ4v) is 4.16. The van der Waals surface area contributed by atoms with Gasteiger partial charge in [-0.25, -0.2) is 9.50 Å². The second-order valence-electron chi connectivity index (χ2n) is 7.53. The van der Waals surface area contributed by atoms with E-state index < -0.39 is 0 Å². The lowest BCUT2D eigenvalue weighted by Gasteiger charge is -2.19. The van der Waals surface area contributed by atoms with Gasteiger partial charge in [0, 0.05) is 50.3 Å². The molecule has 4 rings (SSSR count). The van der Waals surface area contributed by atoms with Crippen molar-refractivity contribution in [3.63, 3.8) is 0 Å². The second kappa shape index (κ2) is 7.95. The zero-order chi connectivity index (χ0) is 21.4. The van der Waals surface area contributed by atoms with Crippen LogP contribution in [-0.2, 0) is 9.59 Å². The molecule has 156 valence electrons. The highest BCUT2D eigenvalue weighted by Crippen LogP contribution is 2.33. The molecule has 2 amide bonds. The van der Waals surface area contributed by atoms with Crippen molar-refractivity contribution in [2.45, 2.75) is 33.2 Å². The minimum atomic E-state index is -0.131. The van der Waals surface area contributed by atoms with Crippen LogP contribution in [-0.4, -0.2) is 45.5 Å². The van der Waals surface area contributed by atoms with E-state index in [1.54, 1.807) is 4.52 Å². The Labute approximate surface area is 179 Å². The first kappa shape index (κ1) is 20.2. The molecule has 0 bridgehead atoms. The van der Waals surface area contributed by atoms with Gasteiger partial charge in [-0.3, -0.25) is 9.59 Å². The number of imidazole rings is 1. The Bertz CT molecular complexity index is 1140. The van der Waals surface area contributed by atoms with Crippen molar-refractivity contribution in [3.05, 3.63) is 41.2 Å². The maximum Gasteiger partial charge on any atom is 0.221 e. The van der Waals surface area contributed by atoms with Crippen molar-refractivity contribution in [2.24, 2.45) is 0 Å². The number of carbonyl (C=O) groups excluding carboxylic acids is 2. The number of aryl methyl sites for hydroxylation is 1. The van der Waals surface area contributed by atoms with E-state index in [2.05, 4.69) is 20.6 Å². The zero-order valence-electron chi connectivity index (χ0n) is 17.1. The van der Waals surface area contributed by atoms with Gasteiger partial charge in [0.1, 0.15) is 0 Å². The molecule has 1 fully saturated rings. The van der Waals surface area contributed by atoms with Crippen molar-refractivity contribution in [1.29, 1.82) is 0 Å². The average Bonchev–Trinajstić information content (AvgIpc) is 3.24. The molecule has 0 spiro atoms. The topological polar surface area (TPSA) is 91.6 Å². The molecule has 1 aromatic carbocycles. The Morgan fingerprint density at radius 2 is 2.00 bits per heavy atom. The molecule has 1 saturated heterocycles. The summed E-state index contributed by atoms with van der Waals surface area (Å²) in [6.45, 7) is 6.42. The van der Waals surface area contributed by atoms with E-state index in [0.717, 1.165) is 35.6 Å². The van der Waals surface area contributed by atoms with Gasteiger partial charge in [0.25, 0.3) is 0 Å². The predicted molar refractivity (Wildman–Crippen MR) is 117 cm³/mol. The molecule has 9 heteroatoms. The van der Waals surface area contributed by atoms with E-state index in [-0.39, 0.29) is 17.9 Å². The molecule has 0 aliphatic carbocycles. The van der Waals surface area contributed by atoms with Crippen LogP contribution in [0, 0.1) is 6.92 Å². The highest BCUT2D eigenvalue weighted by molar-refractivity contribution is 6.29. The SMILES string of the molecule is CC(=O)Nc1cccc(-c2c(C)nc3c(N4CCC(NC(C)=O)C4)cc(Cl)nn23)c1. The van der Waals surface area contributed by atoms with Gasteiger partial charge in [0.05, 0.1) is 17.1 Å². The number of nitrogens with zero attached hydrogens (tertiary/aromatic N) is 4. The fourth-order valence-electron chi connectivity index (χ4n) is 3.98. The summed E-state index contributed by atoms with van der Waals surface area (Å²) in [7, 11) is 0. The Morgan fingerprint density at radius 3 is 2.73 bits per heavy atom. The molecule has 1 unspecified atom stereocenters. The van der Waals surface area contributed by atoms with Crippen LogP contribution in [0.2, 0.25) is 5.15 Å². The van der Waals surface area contributed by atoms with Crippen molar-refractivity contribution in [2.75, 3.05) is 23.3 Å². The smallest absolute Gasteiger partial charge is 0.221 e. The highest BCUT2D eigenvalue weighted by Gasteiger charge is 2.27. The first-order valence-electron chi connectivity index (χ1n) is 9.78. The van der Waals surface area contributed by atoms with E-state index in [4.69, 9.17) is 16.6 Å². The number of fused-ring (bicyclic) bond motifs is 1. The second-order valence-corrected chi connectivity index (χ2v) is 7.91. The summed E-state index contributed by atoms with van der Waals surface area (Å²) >= 11 is 6.38. The number of benzene rings is 1. The lowest BCUT2D eigenvalue weighted by molar-refractivity contribution is -0.119. The molecule has 8 nitrogen and oxygen atoms in total. The molecule has 1 aliphatic rings.